The monoisotopic (exact) mass is 1260 g/mol. The van der Waals surface area contributed by atoms with Gasteiger partial charge in [0.05, 0.1) is 38.6 Å². The molecule has 17 atom stereocenters. The van der Waals surface area contributed by atoms with Gasteiger partial charge in [0, 0.05) is 6.42 Å². The standard InChI is InChI=1S/C70H121NO18/c1-3-5-7-9-10-11-12-13-14-15-16-17-18-19-20-21-22-23-24-25-26-27-28-29-30-31-32-33-34-35-36-37-38-39-40-41-42-44-46-48-58(76)71-53(54(75)47-45-43-8-6-4-2)52-84-68-64(82)61(79)66(56(50-73)86-68)89-70-65(83)62(80)67(57(51-74)87-70)88-69-63(81)60(78)59(77)55(49-72)85-69/h5,7,10-11,13-14,16-17,19-20,22-23,25-26,53-57,59-70,72-75,77-83H,3-4,6,8-9,12,15,18,21,24,27-52H2,1-2H3,(H,71,76)/b7-5-,11-10-,14-13-,17-16-,20-19-,23-22-,26-25-. The Morgan fingerprint density at radius 2 is 0.775 bits per heavy atom. The van der Waals surface area contributed by atoms with Crippen LogP contribution in [0.2, 0.25) is 0 Å². The molecular formula is C70H121NO18. The van der Waals surface area contributed by atoms with E-state index in [1.165, 1.54) is 89.9 Å². The van der Waals surface area contributed by atoms with Crippen molar-refractivity contribution in [1.29, 1.82) is 0 Å². The molecule has 19 heteroatoms. The normalized spacial score (nSPS) is 28.8. The number of aliphatic hydroxyl groups is 11. The number of carbonyl (C=O) groups is 1. The molecule has 19 nitrogen and oxygen atoms in total. The zero-order valence-electron chi connectivity index (χ0n) is 54.1. The number of unbranched alkanes of at least 4 members (excludes halogenated alkanes) is 21. The number of carbonyl (C=O) groups excluding carboxylic acids is 1. The molecule has 89 heavy (non-hydrogen) atoms. The minimum Gasteiger partial charge on any atom is -0.394 e. The Labute approximate surface area is 533 Å². The number of hydrogen-bond donors (Lipinski definition) is 12. The molecule has 0 bridgehead atoms. The number of allylic oxidation sites excluding steroid dienone is 14. The summed E-state index contributed by atoms with van der Waals surface area (Å²) in [6, 6.07) is -0.885. The summed E-state index contributed by atoms with van der Waals surface area (Å²) >= 11 is 0. The predicted octanol–water partition coefficient (Wildman–Crippen LogP) is 8.71. The summed E-state index contributed by atoms with van der Waals surface area (Å²) in [6.07, 6.45) is 39.2. The van der Waals surface area contributed by atoms with Gasteiger partial charge in [-0.1, -0.05) is 227 Å². The highest BCUT2D eigenvalue weighted by Crippen LogP contribution is 2.33. The lowest BCUT2D eigenvalue weighted by atomic mass is 9.96. The largest absolute Gasteiger partial charge is 0.394 e. The highest BCUT2D eigenvalue weighted by atomic mass is 16.8. The lowest BCUT2D eigenvalue weighted by molar-refractivity contribution is -0.379. The average molecular weight is 1260 g/mol. The van der Waals surface area contributed by atoms with Gasteiger partial charge in [0.1, 0.15) is 73.2 Å². The van der Waals surface area contributed by atoms with Gasteiger partial charge in [-0.3, -0.25) is 4.79 Å². The van der Waals surface area contributed by atoms with Crippen LogP contribution in [0.15, 0.2) is 85.1 Å². The predicted molar refractivity (Wildman–Crippen MR) is 346 cm³/mol. The van der Waals surface area contributed by atoms with Crippen molar-refractivity contribution < 1.29 is 89.4 Å². The Bertz CT molecular complexity index is 1940. The van der Waals surface area contributed by atoms with Gasteiger partial charge in [0.15, 0.2) is 18.9 Å². The van der Waals surface area contributed by atoms with Crippen LogP contribution in [0.3, 0.4) is 0 Å². The van der Waals surface area contributed by atoms with Gasteiger partial charge in [-0.15, -0.1) is 0 Å². The molecule has 3 saturated heterocycles. The first-order valence-corrected chi connectivity index (χ1v) is 34.3. The van der Waals surface area contributed by atoms with Gasteiger partial charge in [-0.05, 0) is 70.6 Å². The van der Waals surface area contributed by atoms with E-state index in [0.29, 0.717) is 12.8 Å². The molecule has 17 unspecified atom stereocenters. The maximum atomic E-state index is 13.3. The van der Waals surface area contributed by atoms with Crippen molar-refractivity contribution in [2.24, 2.45) is 0 Å². The van der Waals surface area contributed by atoms with Crippen LogP contribution < -0.4 is 5.32 Å². The Hall–Kier alpha value is -3.03. The number of aliphatic hydroxyl groups excluding tert-OH is 11. The van der Waals surface area contributed by atoms with Crippen LogP contribution in [-0.4, -0.2) is 193 Å². The fraction of sp³-hybridized carbons (Fsp3) is 0.786. The molecule has 0 aromatic heterocycles. The second-order valence-electron chi connectivity index (χ2n) is 24.3. The lowest BCUT2D eigenvalue weighted by Gasteiger charge is -2.48. The van der Waals surface area contributed by atoms with Crippen molar-refractivity contribution in [2.75, 3.05) is 26.4 Å². The minimum absolute atomic E-state index is 0.252. The fourth-order valence-electron chi connectivity index (χ4n) is 11.2. The highest BCUT2D eigenvalue weighted by molar-refractivity contribution is 5.76. The zero-order valence-corrected chi connectivity index (χ0v) is 54.1. The van der Waals surface area contributed by atoms with Crippen LogP contribution in [0, 0.1) is 0 Å². The van der Waals surface area contributed by atoms with Crippen molar-refractivity contribution in [2.45, 2.75) is 324 Å². The Kier molecular flexibility index (Phi) is 46.3. The Balaban J connectivity index is 1.24. The van der Waals surface area contributed by atoms with Crippen molar-refractivity contribution >= 4 is 5.91 Å². The third-order valence-corrected chi connectivity index (χ3v) is 16.7. The van der Waals surface area contributed by atoms with Gasteiger partial charge >= 0.3 is 0 Å². The average Bonchev–Trinajstić information content (AvgIpc) is 2.72. The smallest absolute Gasteiger partial charge is 0.220 e. The number of ether oxygens (including phenoxy) is 6. The molecule has 0 aromatic carbocycles. The van der Waals surface area contributed by atoms with Gasteiger partial charge in [-0.2, -0.15) is 0 Å². The van der Waals surface area contributed by atoms with E-state index in [1.54, 1.807) is 0 Å². The van der Waals surface area contributed by atoms with Crippen molar-refractivity contribution in [1.82, 2.24) is 5.32 Å². The molecule has 1 amide bonds. The van der Waals surface area contributed by atoms with Gasteiger partial charge < -0.3 is 89.9 Å². The van der Waals surface area contributed by atoms with E-state index >= 15 is 0 Å². The molecule has 0 radical (unpaired) electrons. The quantitative estimate of drug-likeness (QED) is 0.0200. The van der Waals surface area contributed by atoms with Crippen LogP contribution in [0.1, 0.15) is 219 Å². The number of amides is 1. The molecule has 3 rings (SSSR count). The zero-order chi connectivity index (χ0) is 64.7. The fourth-order valence-corrected chi connectivity index (χ4v) is 11.2. The third-order valence-electron chi connectivity index (χ3n) is 16.7. The Morgan fingerprint density at radius 1 is 0.416 bits per heavy atom. The summed E-state index contributed by atoms with van der Waals surface area (Å²) in [5, 5.41) is 120. The molecule has 3 heterocycles. The molecule has 12 N–H and O–H groups in total. The van der Waals surface area contributed by atoms with E-state index in [2.05, 4.69) is 104 Å². The molecule has 0 aromatic rings. The first-order valence-electron chi connectivity index (χ1n) is 34.3. The van der Waals surface area contributed by atoms with Gasteiger partial charge in [-0.25, -0.2) is 0 Å². The molecule has 0 aliphatic carbocycles. The van der Waals surface area contributed by atoms with Crippen LogP contribution >= 0.6 is 0 Å². The third kappa shape index (κ3) is 33.6. The lowest BCUT2D eigenvalue weighted by Crippen LogP contribution is -2.66. The van der Waals surface area contributed by atoms with E-state index in [0.717, 1.165) is 96.3 Å². The SMILES string of the molecule is CC/C=C\C/C=C\C/C=C\C/C=C\C/C=C\C/C=C\C/C=C\CCCCCCCCCCCCCCCCCCCC(=O)NC(COC1OC(CO)C(OC2OC(CO)C(OC3OC(CO)C(O)C(O)C3O)C(O)C2O)C(O)C1O)C(O)CCCCCCC. The second-order valence-corrected chi connectivity index (χ2v) is 24.3. The molecule has 3 aliphatic heterocycles. The van der Waals surface area contributed by atoms with Crippen LogP contribution in [0.25, 0.3) is 0 Å². The maximum Gasteiger partial charge on any atom is 0.220 e. The molecule has 3 aliphatic rings. The Morgan fingerprint density at radius 3 is 1.21 bits per heavy atom. The summed E-state index contributed by atoms with van der Waals surface area (Å²) in [5.41, 5.74) is 0. The highest BCUT2D eigenvalue weighted by Gasteiger charge is 2.53. The number of rotatable bonds is 51. The van der Waals surface area contributed by atoms with E-state index in [4.69, 9.17) is 28.4 Å². The summed E-state index contributed by atoms with van der Waals surface area (Å²) < 4.78 is 34.2. The summed E-state index contributed by atoms with van der Waals surface area (Å²) in [6.45, 7) is 1.56. The van der Waals surface area contributed by atoms with Gasteiger partial charge in [0.25, 0.3) is 0 Å². The molecule has 0 saturated carbocycles. The topological polar surface area (TPSA) is 307 Å². The van der Waals surface area contributed by atoms with E-state index in [1.807, 2.05) is 0 Å². The number of nitrogens with one attached hydrogen (secondary N) is 1. The number of hydrogen-bond acceptors (Lipinski definition) is 18. The van der Waals surface area contributed by atoms with E-state index < -0.39 is 124 Å². The van der Waals surface area contributed by atoms with Crippen LogP contribution in [-0.2, 0) is 33.2 Å². The molecule has 514 valence electrons. The van der Waals surface area contributed by atoms with E-state index in [9.17, 15) is 61.0 Å². The summed E-state index contributed by atoms with van der Waals surface area (Å²) in [4.78, 5) is 13.3. The summed E-state index contributed by atoms with van der Waals surface area (Å²) in [5.74, 6) is -0.252. The van der Waals surface area contributed by atoms with Crippen LogP contribution in [0.4, 0.5) is 0 Å². The van der Waals surface area contributed by atoms with Crippen molar-refractivity contribution in [3.8, 4) is 0 Å². The van der Waals surface area contributed by atoms with Crippen molar-refractivity contribution in [3.05, 3.63) is 85.1 Å². The van der Waals surface area contributed by atoms with Gasteiger partial charge in [0.2, 0.25) is 5.91 Å². The van der Waals surface area contributed by atoms with Crippen LogP contribution in [0.5, 0.6) is 0 Å². The second kappa shape index (κ2) is 51.4. The molecule has 0 spiro atoms. The maximum absolute atomic E-state index is 13.3. The minimum atomic E-state index is -1.97. The van der Waals surface area contributed by atoms with E-state index in [-0.39, 0.29) is 18.9 Å². The first kappa shape index (κ1) is 80.2. The summed E-state index contributed by atoms with van der Waals surface area (Å²) in [7, 11) is 0. The van der Waals surface area contributed by atoms with Crippen molar-refractivity contribution in [3.63, 3.8) is 0 Å². The molecule has 3 fully saturated rings. The first-order chi connectivity index (χ1) is 43.3. The molecular weight excluding hydrogens is 1140 g/mol.